The number of amides is 1. The lowest BCUT2D eigenvalue weighted by atomic mass is 10.2. The summed E-state index contributed by atoms with van der Waals surface area (Å²) < 4.78 is 0. The molecule has 4 heteroatoms. The van der Waals surface area contributed by atoms with Crippen LogP contribution in [0, 0.1) is 0 Å². The van der Waals surface area contributed by atoms with Crippen LogP contribution in [-0.4, -0.2) is 25.0 Å². The summed E-state index contributed by atoms with van der Waals surface area (Å²) in [6.07, 6.45) is 2.31. The smallest absolute Gasteiger partial charge is 0.278 e. The Labute approximate surface area is 100 Å². The number of likely N-dealkylation sites (N-methyl/N-ethyl adjacent to an activating group) is 1. The highest BCUT2D eigenvalue weighted by molar-refractivity contribution is 7.09. The number of nitrogens with one attached hydrogen (secondary N) is 2. The van der Waals surface area contributed by atoms with Gasteiger partial charge < -0.3 is 10.2 Å². The van der Waals surface area contributed by atoms with Gasteiger partial charge in [-0.15, -0.1) is 11.3 Å². The zero-order valence-electron chi connectivity index (χ0n) is 9.82. The first-order valence-electron chi connectivity index (χ1n) is 5.82. The zero-order valence-corrected chi connectivity index (χ0v) is 10.6. The third-order valence-electron chi connectivity index (χ3n) is 3.09. The van der Waals surface area contributed by atoms with Gasteiger partial charge in [0.25, 0.3) is 5.91 Å². The van der Waals surface area contributed by atoms with Gasteiger partial charge in [0.2, 0.25) is 0 Å². The molecule has 2 rings (SSSR count). The highest BCUT2D eigenvalue weighted by Crippen LogP contribution is 2.18. The maximum atomic E-state index is 11.8. The van der Waals surface area contributed by atoms with Crippen LogP contribution in [0.5, 0.6) is 0 Å². The molecular formula is C12H19N2OS+. The number of carbonyl (C=O) groups excluding carboxylic acids is 1. The average Bonchev–Trinajstić information content (AvgIpc) is 2.92. The number of hydrogen-bond acceptors (Lipinski definition) is 2. The van der Waals surface area contributed by atoms with Gasteiger partial charge in [-0.2, -0.15) is 0 Å². The number of carbonyl (C=O) groups is 1. The van der Waals surface area contributed by atoms with Crippen molar-refractivity contribution >= 4 is 17.2 Å². The quantitative estimate of drug-likeness (QED) is 0.767. The van der Waals surface area contributed by atoms with Crippen molar-refractivity contribution in [3.63, 3.8) is 0 Å². The van der Waals surface area contributed by atoms with Gasteiger partial charge in [0, 0.05) is 6.04 Å². The molecule has 1 fully saturated rings. The molecule has 1 unspecified atom stereocenters. The molecule has 0 saturated heterocycles. The van der Waals surface area contributed by atoms with Gasteiger partial charge in [-0.05, 0) is 31.2 Å². The van der Waals surface area contributed by atoms with Crippen molar-refractivity contribution in [3.8, 4) is 0 Å². The molecule has 1 aromatic rings. The van der Waals surface area contributed by atoms with Crippen molar-refractivity contribution in [1.82, 2.24) is 5.32 Å². The lowest BCUT2D eigenvalue weighted by Gasteiger charge is -2.20. The van der Waals surface area contributed by atoms with Crippen molar-refractivity contribution in [3.05, 3.63) is 22.4 Å². The normalized spacial score (nSPS) is 19.1. The second-order valence-corrected chi connectivity index (χ2v) is 5.64. The molecule has 0 aliphatic heterocycles. The summed E-state index contributed by atoms with van der Waals surface area (Å²) in [4.78, 5) is 14.4. The van der Waals surface area contributed by atoms with Gasteiger partial charge >= 0.3 is 0 Å². The molecule has 3 nitrogen and oxygen atoms in total. The van der Waals surface area contributed by atoms with Crippen molar-refractivity contribution in [2.75, 3.05) is 7.05 Å². The summed E-state index contributed by atoms with van der Waals surface area (Å²) in [6.45, 7) is 2.93. The van der Waals surface area contributed by atoms with Gasteiger partial charge in [0.1, 0.15) is 6.54 Å². The molecule has 0 radical (unpaired) electrons. The van der Waals surface area contributed by atoms with Gasteiger partial charge in [-0.1, -0.05) is 6.07 Å². The van der Waals surface area contributed by atoms with E-state index in [0.29, 0.717) is 6.04 Å². The lowest BCUT2D eigenvalue weighted by Crippen LogP contribution is -3.12. The molecule has 1 aromatic heterocycles. The van der Waals surface area contributed by atoms with E-state index in [1.54, 1.807) is 11.3 Å². The molecule has 88 valence electrons. The summed E-state index contributed by atoms with van der Waals surface area (Å²) in [7, 11) is 2.08. The summed E-state index contributed by atoms with van der Waals surface area (Å²) in [5.74, 6) is 0.191. The Kier molecular flexibility index (Phi) is 3.61. The van der Waals surface area contributed by atoms with Crippen molar-refractivity contribution in [1.29, 1.82) is 0 Å². The van der Waals surface area contributed by atoms with Crippen LogP contribution in [0.3, 0.4) is 0 Å². The zero-order chi connectivity index (χ0) is 11.5. The van der Waals surface area contributed by atoms with E-state index in [1.807, 2.05) is 6.92 Å². The summed E-state index contributed by atoms with van der Waals surface area (Å²) in [5.41, 5.74) is 0. The minimum Gasteiger partial charge on any atom is -0.348 e. The van der Waals surface area contributed by atoms with Crippen LogP contribution in [0.2, 0.25) is 0 Å². The molecule has 1 aliphatic carbocycles. The fourth-order valence-corrected chi connectivity index (χ4v) is 2.42. The van der Waals surface area contributed by atoms with E-state index in [9.17, 15) is 4.79 Å². The number of rotatable bonds is 5. The molecule has 1 saturated carbocycles. The average molecular weight is 239 g/mol. The number of quaternary nitrogens is 1. The fourth-order valence-electron chi connectivity index (χ4n) is 1.62. The summed E-state index contributed by atoms with van der Waals surface area (Å²) in [5, 5.41) is 5.14. The van der Waals surface area contributed by atoms with Crippen LogP contribution < -0.4 is 10.2 Å². The maximum Gasteiger partial charge on any atom is 0.278 e. The van der Waals surface area contributed by atoms with Crippen molar-refractivity contribution < 1.29 is 9.69 Å². The van der Waals surface area contributed by atoms with Crippen LogP contribution >= 0.6 is 11.3 Å². The van der Waals surface area contributed by atoms with E-state index in [-0.39, 0.29) is 11.9 Å². The molecular weight excluding hydrogens is 220 g/mol. The molecule has 2 N–H and O–H groups in total. The molecule has 1 heterocycles. The van der Waals surface area contributed by atoms with Gasteiger partial charge in [-0.25, -0.2) is 0 Å². The Hall–Kier alpha value is -0.870. The van der Waals surface area contributed by atoms with E-state index < -0.39 is 0 Å². The molecule has 16 heavy (non-hydrogen) atoms. The van der Waals surface area contributed by atoms with Crippen LogP contribution in [0.4, 0.5) is 0 Å². The SMILES string of the molecule is C[C@H](C(=O)NC1CC1)[NH+](C)Cc1cccs1. The van der Waals surface area contributed by atoms with E-state index in [0.717, 1.165) is 19.4 Å². The van der Waals surface area contributed by atoms with Gasteiger partial charge in [-0.3, -0.25) is 4.79 Å². The van der Waals surface area contributed by atoms with E-state index in [4.69, 9.17) is 0 Å². The maximum absolute atomic E-state index is 11.8. The predicted octanol–water partition coefficient (Wildman–Crippen LogP) is 0.430. The lowest BCUT2D eigenvalue weighted by molar-refractivity contribution is -0.907. The third-order valence-corrected chi connectivity index (χ3v) is 3.97. The van der Waals surface area contributed by atoms with Gasteiger partial charge in [0.15, 0.2) is 6.04 Å². The molecule has 2 atom stereocenters. The Morgan fingerprint density at radius 1 is 1.69 bits per heavy atom. The minimum atomic E-state index is 0.0303. The van der Waals surface area contributed by atoms with Crippen LogP contribution in [-0.2, 0) is 11.3 Å². The molecule has 0 bridgehead atoms. The van der Waals surface area contributed by atoms with Gasteiger partial charge in [0.05, 0.1) is 11.9 Å². The molecule has 0 aromatic carbocycles. The first-order chi connectivity index (χ1) is 7.66. The predicted molar refractivity (Wildman–Crippen MR) is 65.5 cm³/mol. The minimum absolute atomic E-state index is 0.0303. The topological polar surface area (TPSA) is 33.5 Å². The second-order valence-electron chi connectivity index (χ2n) is 4.61. The van der Waals surface area contributed by atoms with Crippen LogP contribution in [0.25, 0.3) is 0 Å². The van der Waals surface area contributed by atoms with E-state index in [1.165, 1.54) is 9.78 Å². The molecule has 1 aliphatic rings. The highest BCUT2D eigenvalue weighted by atomic mass is 32.1. The number of hydrogen-bond donors (Lipinski definition) is 2. The highest BCUT2D eigenvalue weighted by Gasteiger charge is 2.29. The Bertz CT molecular complexity index is 346. The summed E-state index contributed by atoms with van der Waals surface area (Å²) >= 11 is 1.75. The summed E-state index contributed by atoms with van der Waals surface area (Å²) in [6, 6.07) is 4.68. The Morgan fingerprint density at radius 2 is 2.44 bits per heavy atom. The monoisotopic (exact) mass is 239 g/mol. The largest absolute Gasteiger partial charge is 0.348 e. The van der Waals surface area contributed by atoms with E-state index in [2.05, 4.69) is 29.9 Å². The van der Waals surface area contributed by atoms with E-state index >= 15 is 0 Å². The van der Waals surface area contributed by atoms with Crippen molar-refractivity contribution in [2.24, 2.45) is 0 Å². The van der Waals surface area contributed by atoms with Crippen LogP contribution in [0.15, 0.2) is 17.5 Å². The third kappa shape index (κ3) is 3.06. The number of thiophene rings is 1. The van der Waals surface area contributed by atoms with Crippen molar-refractivity contribution in [2.45, 2.75) is 38.4 Å². The molecule has 0 spiro atoms. The second kappa shape index (κ2) is 4.97. The standard InChI is InChI=1S/C12H18N2OS/c1-9(12(15)13-10-5-6-10)14(2)8-11-4-3-7-16-11/h3-4,7,9-10H,5-6,8H2,1-2H3,(H,13,15)/p+1/t9-/m1/s1. The first-order valence-corrected chi connectivity index (χ1v) is 6.70. The molecule has 1 amide bonds. The first kappa shape index (κ1) is 11.6. The van der Waals surface area contributed by atoms with Crippen LogP contribution in [0.1, 0.15) is 24.6 Å². The Balaban J connectivity index is 1.82. The fraction of sp³-hybridized carbons (Fsp3) is 0.583. The Morgan fingerprint density at radius 3 is 3.00 bits per heavy atom.